The summed E-state index contributed by atoms with van der Waals surface area (Å²) < 4.78 is 1.48. The van der Waals surface area contributed by atoms with E-state index in [1.165, 1.54) is 26.8 Å². The fraction of sp³-hybridized carbons (Fsp3) is 0.500. The molecule has 0 radical (unpaired) electrons. The second-order valence-corrected chi connectivity index (χ2v) is 6.04. The van der Waals surface area contributed by atoms with E-state index in [2.05, 4.69) is 4.98 Å². The molecule has 2 heterocycles. The number of carbonyl (C=O) groups excluding carboxylic acids is 1. The predicted molar refractivity (Wildman–Crippen MR) is 82.1 cm³/mol. The summed E-state index contributed by atoms with van der Waals surface area (Å²) in [6.45, 7) is 6.30. The van der Waals surface area contributed by atoms with E-state index in [0.717, 1.165) is 17.0 Å². The summed E-state index contributed by atoms with van der Waals surface area (Å²) in [6, 6.07) is 0. The maximum Gasteiger partial charge on any atom is 0.271 e. The van der Waals surface area contributed by atoms with E-state index in [1.807, 2.05) is 20.8 Å². The van der Waals surface area contributed by atoms with E-state index in [9.17, 15) is 9.59 Å². The Balaban J connectivity index is 2.51. The van der Waals surface area contributed by atoms with Gasteiger partial charge in [-0.3, -0.25) is 14.0 Å². The van der Waals surface area contributed by atoms with E-state index in [4.69, 9.17) is 5.11 Å². The van der Waals surface area contributed by atoms with Crippen molar-refractivity contribution in [1.29, 1.82) is 0 Å². The van der Waals surface area contributed by atoms with Gasteiger partial charge in [-0.25, -0.2) is 4.98 Å². The van der Waals surface area contributed by atoms with Crippen molar-refractivity contribution in [1.82, 2.24) is 14.3 Å². The van der Waals surface area contributed by atoms with Crippen molar-refractivity contribution in [3.8, 4) is 0 Å². The second-order valence-electron chi connectivity index (χ2n) is 4.85. The molecule has 0 aromatic carbocycles. The maximum atomic E-state index is 12.5. The van der Waals surface area contributed by atoms with E-state index in [1.54, 1.807) is 0 Å². The highest BCUT2D eigenvalue weighted by Gasteiger charge is 2.21. The lowest BCUT2D eigenvalue weighted by Crippen LogP contribution is -2.38. The number of fused-ring (bicyclic) bond motifs is 1. The molecule has 0 fully saturated rings. The zero-order chi connectivity index (χ0) is 15.6. The molecule has 1 amide bonds. The quantitative estimate of drug-likeness (QED) is 0.901. The highest BCUT2D eigenvalue weighted by Crippen LogP contribution is 2.18. The van der Waals surface area contributed by atoms with E-state index in [0.29, 0.717) is 11.5 Å². The minimum atomic E-state index is -0.374. The van der Waals surface area contributed by atoms with Gasteiger partial charge in [0.15, 0.2) is 4.96 Å². The van der Waals surface area contributed by atoms with Crippen molar-refractivity contribution in [3.63, 3.8) is 0 Å². The number of thiazole rings is 1. The molecule has 0 spiro atoms. The van der Waals surface area contributed by atoms with Crippen LogP contribution < -0.4 is 5.56 Å². The van der Waals surface area contributed by atoms with Crippen LogP contribution in [0.2, 0.25) is 0 Å². The van der Waals surface area contributed by atoms with Crippen LogP contribution in [-0.4, -0.2) is 45.0 Å². The van der Waals surface area contributed by atoms with Crippen molar-refractivity contribution >= 4 is 22.2 Å². The van der Waals surface area contributed by atoms with Crippen LogP contribution in [0, 0.1) is 13.8 Å². The standard InChI is InChI=1S/C14H19N3O3S/c1-4-5-16(6-7-18)12(19)11-8-15-14-17(13(11)20)9(2)10(3)21-14/h8,18H,4-7H2,1-3H3. The molecular formula is C14H19N3O3S. The normalized spacial score (nSPS) is 11.0. The van der Waals surface area contributed by atoms with Gasteiger partial charge in [0, 0.05) is 29.9 Å². The Labute approximate surface area is 126 Å². The van der Waals surface area contributed by atoms with Crippen molar-refractivity contribution < 1.29 is 9.90 Å². The molecule has 6 nitrogen and oxygen atoms in total. The Morgan fingerprint density at radius 2 is 2.14 bits per heavy atom. The number of aryl methyl sites for hydroxylation is 2. The van der Waals surface area contributed by atoms with E-state index in [-0.39, 0.29) is 30.2 Å². The van der Waals surface area contributed by atoms with Gasteiger partial charge >= 0.3 is 0 Å². The average molecular weight is 309 g/mol. The highest BCUT2D eigenvalue weighted by molar-refractivity contribution is 7.17. The number of nitrogens with zero attached hydrogens (tertiary/aromatic N) is 3. The van der Waals surface area contributed by atoms with E-state index < -0.39 is 0 Å². The average Bonchev–Trinajstić information content (AvgIpc) is 2.74. The summed E-state index contributed by atoms with van der Waals surface area (Å²) >= 11 is 1.43. The third-order valence-corrected chi connectivity index (χ3v) is 4.47. The molecule has 21 heavy (non-hydrogen) atoms. The minimum Gasteiger partial charge on any atom is -0.395 e. The monoisotopic (exact) mass is 309 g/mol. The van der Waals surface area contributed by atoms with Crippen LogP contribution >= 0.6 is 11.3 Å². The van der Waals surface area contributed by atoms with Crippen LogP contribution in [-0.2, 0) is 0 Å². The Bertz CT molecular complexity index is 714. The smallest absolute Gasteiger partial charge is 0.271 e. The lowest BCUT2D eigenvalue weighted by Gasteiger charge is -2.20. The van der Waals surface area contributed by atoms with Crippen molar-refractivity contribution in [2.45, 2.75) is 27.2 Å². The fourth-order valence-electron chi connectivity index (χ4n) is 2.20. The van der Waals surface area contributed by atoms with Crippen molar-refractivity contribution in [3.05, 3.63) is 32.7 Å². The molecule has 2 rings (SSSR count). The molecule has 0 bridgehead atoms. The molecule has 0 atom stereocenters. The third kappa shape index (κ3) is 2.84. The number of aromatic nitrogens is 2. The first kappa shape index (κ1) is 15.7. The first-order valence-corrected chi connectivity index (χ1v) is 7.70. The molecule has 114 valence electrons. The molecule has 2 aromatic rings. The molecule has 0 aliphatic heterocycles. The molecular weight excluding hydrogens is 290 g/mol. The van der Waals surface area contributed by atoms with Gasteiger partial charge in [-0.05, 0) is 20.3 Å². The second kappa shape index (κ2) is 6.36. The number of aliphatic hydroxyl groups is 1. The van der Waals surface area contributed by atoms with Crippen LogP contribution in [0.4, 0.5) is 0 Å². The van der Waals surface area contributed by atoms with Gasteiger partial charge in [0.05, 0.1) is 6.61 Å². The van der Waals surface area contributed by atoms with Crippen LogP contribution in [0.3, 0.4) is 0 Å². The molecule has 7 heteroatoms. The van der Waals surface area contributed by atoms with Gasteiger partial charge in [-0.1, -0.05) is 6.92 Å². The zero-order valence-electron chi connectivity index (χ0n) is 12.4. The van der Waals surface area contributed by atoms with Crippen LogP contribution in [0.5, 0.6) is 0 Å². The lowest BCUT2D eigenvalue weighted by atomic mass is 10.2. The molecule has 0 aliphatic rings. The highest BCUT2D eigenvalue weighted by atomic mass is 32.1. The third-order valence-electron chi connectivity index (χ3n) is 3.40. The molecule has 2 aromatic heterocycles. The maximum absolute atomic E-state index is 12.5. The van der Waals surface area contributed by atoms with Crippen LogP contribution in [0.15, 0.2) is 11.0 Å². The Kier molecular flexibility index (Phi) is 4.74. The molecule has 0 saturated heterocycles. The zero-order valence-corrected chi connectivity index (χ0v) is 13.2. The number of hydrogen-bond donors (Lipinski definition) is 1. The van der Waals surface area contributed by atoms with Gasteiger partial charge in [0.2, 0.25) is 0 Å². The van der Waals surface area contributed by atoms with Gasteiger partial charge in [-0.15, -0.1) is 11.3 Å². The summed E-state index contributed by atoms with van der Waals surface area (Å²) in [5.74, 6) is -0.374. The van der Waals surface area contributed by atoms with Gasteiger partial charge in [0.25, 0.3) is 11.5 Å². The summed E-state index contributed by atoms with van der Waals surface area (Å²) in [6.07, 6.45) is 2.11. The summed E-state index contributed by atoms with van der Waals surface area (Å²) in [7, 11) is 0. The summed E-state index contributed by atoms with van der Waals surface area (Å²) in [5, 5.41) is 9.06. The topological polar surface area (TPSA) is 74.9 Å². The molecule has 0 unspecified atom stereocenters. The Morgan fingerprint density at radius 3 is 2.76 bits per heavy atom. The first-order valence-electron chi connectivity index (χ1n) is 6.89. The molecule has 0 saturated carbocycles. The Morgan fingerprint density at radius 1 is 1.43 bits per heavy atom. The van der Waals surface area contributed by atoms with E-state index >= 15 is 0 Å². The SMILES string of the molecule is CCCN(CCO)C(=O)c1cnc2sc(C)c(C)n2c1=O. The van der Waals surface area contributed by atoms with Crippen LogP contribution in [0.25, 0.3) is 4.96 Å². The fourth-order valence-corrected chi connectivity index (χ4v) is 3.13. The summed E-state index contributed by atoms with van der Waals surface area (Å²) in [4.78, 5) is 32.3. The van der Waals surface area contributed by atoms with Crippen molar-refractivity contribution in [2.24, 2.45) is 0 Å². The number of amides is 1. The van der Waals surface area contributed by atoms with Gasteiger partial charge in [0.1, 0.15) is 5.56 Å². The first-order chi connectivity index (χ1) is 10.0. The molecule has 0 aliphatic carbocycles. The van der Waals surface area contributed by atoms with Gasteiger partial charge in [-0.2, -0.15) is 0 Å². The Hall–Kier alpha value is -1.73. The largest absolute Gasteiger partial charge is 0.395 e. The number of rotatable bonds is 5. The lowest BCUT2D eigenvalue weighted by molar-refractivity contribution is 0.0719. The molecule has 1 N–H and O–H groups in total. The van der Waals surface area contributed by atoms with Gasteiger partial charge < -0.3 is 10.0 Å². The number of aliphatic hydroxyl groups excluding tert-OH is 1. The van der Waals surface area contributed by atoms with Crippen LogP contribution in [0.1, 0.15) is 34.3 Å². The summed E-state index contributed by atoms with van der Waals surface area (Å²) in [5.41, 5.74) is 0.521. The van der Waals surface area contributed by atoms with Crippen molar-refractivity contribution in [2.75, 3.05) is 19.7 Å². The number of hydrogen-bond acceptors (Lipinski definition) is 5. The number of carbonyl (C=O) groups is 1. The predicted octanol–water partition coefficient (Wildman–Crippen LogP) is 1.22. The minimum absolute atomic E-state index is 0.0512.